The Morgan fingerprint density at radius 2 is 2.00 bits per heavy atom. The van der Waals surface area contributed by atoms with E-state index in [1.165, 1.54) is 0 Å². The molecule has 0 fully saturated rings. The van der Waals surface area contributed by atoms with Crippen molar-refractivity contribution in [2.45, 2.75) is 6.42 Å². The predicted octanol–water partition coefficient (Wildman–Crippen LogP) is 2.34. The van der Waals surface area contributed by atoms with Crippen LogP contribution in [0.4, 0.5) is 5.69 Å². The molecule has 0 spiro atoms. The van der Waals surface area contributed by atoms with E-state index in [2.05, 4.69) is 36.6 Å². The van der Waals surface area contributed by atoms with E-state index in [1.807, 2.05) is 0 Å². The molecule has 90 valence electrons. The smallest absolute Gasteiger partial charge is 0.232 e. The van der Waals surface area contributed by atoms with Crippen LogP contribution in [0.2, 0.25) is 0 Å². The first-order valence-electron chi connectivity index (χ1n) is 4.51. The summed E-state index contributed by atoms with van der Waals surface area (Å²) in [6.45, 7) is -0.136. The zero-order valence-corrected chi connectivity index (χ0v) is 12.3. The first-order chi connectivity index (χ1) is 7.44. The average Bonchev–Trinajstić information content (AvgIpc) is 2.19. The van der Waals surface area contributed by atoms with Crippen LogP contribution < -0.4 is 4.72 Å². The van der Waals surface area contributed by atoms with Crippen LogP contribution in [-0.4, -0.2) is 25.9 Å². The van der Waals surface area contributed by atoms with Crippen LogP contribution in [0.3, 0.4) is 0 Å². The summed E-state index contributed by atoms with van der Waals surface area (Å²) in [4.78, 5) is 0. The highest BCUT2D eigenvalue weighted by molar-refractivity contribution is 9.11. The molecular formula is C9H11Br2NO3S. The average molecular weight is 373 g/mol. The number of rotatable bonds is 5. The van der Waals surface area contributed by atoms with Crippen LogP contribution in [0.5, 0.6) is 0 Å². The number of aliphatic hydroxyl groups excluding tert-OH is 1. The van der Waals surface area contributed by atoms with Crippen molar-refractivity contribution in [3.63, 3.8) is 0 Å². The molecule has 7 heteroatoms. The summed E-state index contributed by atoms with van der Waals surface area (Å²) >= 11 is 6.54. The van der Waals surface area contributed by atoms with Crippen molar-refractivity contribution >= 4 is 47.6 Å². The van der Waals surface area contributed by atoms with E-state index in [-0.39, 0.29) is 18.8 Å². The number of hydrogen-bond donors (Lipinski definition) is 2. The normalized spacial score (nSPS) is 11.4. The molecule has 4 nitrogen and oxygen atoms in total. The fourth-order valence-electron chi connectivity index (χ4n) is 1.05. The van der Waals surface area contributed by atoms with Crippen molar-refractivity contribution in [1.82, 2.24) is 0 Å². The summed E-state index contributed by atoms with van der Waals surface area (Å²) in [5.74, 6) is -0.0913. The Bertz CT molecular complexity index is 462. The predicted molar refractivity (Wildman–Crippen MR) is 71.0 cm³/mol. The minimum absolute atomic E-state index is 0.0913. The lowest BCUT2D eigenvalue weighted by Crippen LogP contribution is -2.17. The molecule has 0 amide bonds. The summed E-state index contributed by atoms with van der Waals surface area (Å²) in [5, 5.41) is 8.58. The largest absolute Gasteiger partial charge is 0.396 e. The van der Waals surface area contributed by atoms with Crippen LogP contribution in [0, 0.1) is 0 Å². The molecular weight excluding hydrogens is 362 g/mol. The van der Waals surface area contributed by atoms with Crippen molar-refractivity contribution < 1.29 is 13.5 Å². The van der Waals surface area contributed by atoms with Crippen LogP contribution in [-0.2, 0) is 10.0 Å². The molecule has 0 aliphatic carbocycles. The van der Waals surface area contributed by atoms with Crippen molar-refractivity contribution in [3.8, 4) is 0 Å². The number of sulfonamides is 1. The number of aliphatic hydroxyl groups is 1. The molecule has 1 aromatic rings. The maximum absolute atomic E-state index is 11.5. The van der Waals surface area contributed by atoms with Crippen molar-refractivity contribution in [1.29, 1.82) is 0 Å². The molecule has 0 aliphatic heterocycles. The van der Waals surface area contributed by atoms with Crippen LogP contribution in [0.25, 0.3) is 0 Å². The van der Waals surface area contributed by atoms with Gasteiger partial charge < -0.3 is 5.11 Å². The molecule has 0 saturated heterocycles. The van der Waals surface area contributed by atoms with Crippen molar-refractivity contribution in [3.05, 3.63) is 27.1 Å². The number of halogens is 2. The highest BCUT2D eigenvalue weighted by Crippen LogP contribution is 2.26. The summed E-state index contributed by atoms with van der Waals surface area (Å²) in [7, 11) is -3.39. The molecule has 16 heavy (non-hydrogen) atoms. The summed E-state index contributed by atoms with van der Waals surface area (Å²) in [5.41, 5.74) is 0.487. The maximum Gasteiger partial charge on any atom is 0.232 e. The zero-order chi connectivity index (χ0) is 12.2. The Balaban J connectivity index is 2.80. The van der Waals surface area contributed by atoms with E-state index in [4.69, 9.17) is 5.11 Å². The Hall–Kier alpha value is -0.110. The molecule has 0 radical (unpaired) electrons. The third-order valence-corrected chi connectivity index (χ3v) is 4.27. The molecule has 0 atom stereocenters. The van der Waals surface area contributed by atoms with Crippen molar-refractivity contribution in [2.24, 2.45) is 0 Å². The standard InChI is InChI=1S/C9H11Br2NO3S/c10-7-2-3-9(8(11)6-7)12-16(14,15)5-1-4-13/h2-3,6,12-13H,1,4-5H2. The fourth-order valence-corrected chi connectivity index (χ4v) is 3.45. The lowest BCUT2D eigenvalue weighted by atomic mass is 10.3. The number of hydrogen-bond acceptors (Lipinski definition) is 3. The molecule has 1 rings (SSSR count). The second-order valence-corrected chi connectivity index (χ2v) is 6.73. The molecule has 0 heterocycles. The van der Waals surface area contributed by atoms with Gasteiger partial charge in [-0.2, -0.15) is 0 Å². The number of benzene rings is 1. The zero-order valence-electron chi connectivity index (χ0n) is 8.28. The fraction of sp³-hybridized carbons (Fsp3) is 0.333. The molecule has 1 aromatic carbocycles. The molecule has 0 aliphatic rings. The highest BCUT2D eigenvalue weighted by atomic mass is 79.9. The van der Waals surface area contributed by atoms with Crippen LogP contribution >= 0.6 is 31.9 Å². The van der Waals surface area contributed by atoms with Gasteiger partial charge in [0.2, 0.25) is 10.0 Å². The highest BCUT2D eigenvalue weighted by Gasteiger charge is 2.11. The third kappa shape index (κ3) is 4.40. The topological polar surface area (TPSA) is 66.4 Å². The van der Waals surface area contributed by atoms with E-state index < -0.39 is 10.0 Å². The third-order valence-electron chi connectivity index (χ3n) is 1.77. The van der Waals surface area contributed by atoms with E-state index in [9.17, 15) is 8.42 Å². The number of anilines is 1. The van der Waals surface area contributed by atoms with E-state index in [0.29, 0.717) is 10.2 Å². The van der Waals surface area contributed by atoms with Gasteiger partial charge in [-0.05, 0) is 40.5 Å². The van der Waals surface area contributed by atoms with E-state index in [1.54, 1.807) is 18.2 Å². The summed E-state index contributed by atoms with van der Waals surface area (Å²) in [6, 6.07) is 5.16. The molecule has 0 saturated carbocycles. The lowest BCUT2D eigenvalue weighted by molar-refractivity contribution is 0.295. The Morgan fingerprint density at radius 3 is 2.56 bits per heavy atom. The second kappa shape index (κ2) is 6.00. The van der Waals surface area contributed by atoms with Gasteiger partial charge in [0, 0.05) is 15.6 Å². The lowest BCUT2D eigenvalue weighted by Gasteiger charge is -2.09. The quantitative estimate of drug-likeness (QED) is 0.833. The SMILES string of the molecule is O=S(=O)(CCCO)Nc1ccc(Br)cc1Br. The monoisotopic (exact) mass is 371 g/mol. The minimum Gasteiger partial charge on any atom is -0.396 e. The van der Waals surface area contributed by atoms with E-state index in [0.717, 1.165) is 4.47 Å². The Labute approximate surface area is 111 Å². The molecule has 0 unspecified atom stereocenters. The van der Waals surface area contributed by atoms with E-state index >= 15 is 0 Å². The van der Waals surface area contributed by atoms with Gasteiger partial charge in [-0.15, -0.1) is 0 Å². The van der Waals surface area contributed by atoms with Crippen molar-refractivity contribution in [2.75, 3.05) is 17.1 Å². The van der Waals surface area contributed by atoms with Gasteiger partial charge in [0.25, 0.3) is 0 Å². The second-order valence-electron chi connectivity index (χ2n) is 3.12. The minimum atomic E-state index is -3.39. The molecule has 0 bridgehead atoms. The maximum atomic E-state index is 11.5. The number of nitrogens with one attached hydrogen (secondary N) is 1. The Morgan fingerprint density at radius 1 is 1.31 bits per heavy atom. The van der Waals surface area contributed by atoms with Gasteiger partial charge in [0.05, 0.1) is 11.4 Å². The van der Waals surface area contributed by atoms with Gasteiger partial charge in [0.1, 0.15) is 0 Å². The van der Waals surface area contributed by atoms with Crippen LogP contribution in [0.15, 0.2) is 27.1 Å². The van der Waals surface area contributed by atoms with Gasteiger partial charge >= 0.3 is 0 Å². The van der Waals surface area contributed by atoms with Gasteiger partial charge in [0.15, 0.2) is 0 Å². The Kier molecular flexibility index (Phi) is 5.23. The molecule has 0 aromatic heterocycles. The summed E-state index contributed by atoms with van der Waals surface area (Å²) < 4.78 is 27.0. The molecule has 2 N–H and O–H groups in total. The van der Waals surface area contributed by atoms with Gasteiger partial charge in [-0.1, -0.05) is 15.9 Å². The summed E-state index contributed by atoms with van der Waals surface area (Å²) in [6.07, 6.45) is 0.226. The first-order valence-corrected chi connectivity index (χ1v) is 7.75. The van der Waals surface area contributed by atoms with Gasteiger partial charge in [-0.3, -0.25) is 4.72 Å². The first kappa shape index (κ1) is 14.0. The van der Waals surface area contributed by atoms with Crippen LogP contribution in [0.1, 0.15) is 6.42 Å². The van der Waals surface area contributed by atoms with Gasteiger partial charge in [-0.25, -0.2) is 8.42 Å².